The number of piperidine rings is 1. The Kier molecular flexibility index (Phi) is 5.35. The Morgan fingerprint density at radius 1 is 1.13 bits per heavy atom. The molecule has 2 aliphatic carbocycles. The van der Waals surface area contributed by atoms with Gasteiger partial charge in [0.25, 0.3) is 0 Å². The summed E-state index contributed by atoms with van der Waals surface area (Å²) < 4.78 is 22.2. The number of nitrogens with one attached hydrogen (secondary N) is 1. The van der Waals surface area contributed by atoms with Gasteiger partial charge in [-0.2, -0.15) is 0 Å². The lowest BCUT2D eigenvalue weighted by molar-refractivity contribution is -0.169. The third-order valence-electron chi connectivity index (χ3n) is 6.49. The molecule has 5 unspecified atom stereocenters. The molecule has 3 N–H and O–H groups in total. The van der Waals surface area contributed by atoms with Gasteiger partial charge in [0.15, 0.2) is 17.6 Å². The van der Waals surface area contributed by atoms with E-state index in [-0.39, 0.29) is 17.9 Å². The number of esters is 2. The first-order chi connectivity index (χ1) is 14.7. The Morgan fingerprint density at radius 2 is 1.84 bits per heavy atom. The third-order valence-corrected chi connectivity index (χ3v) is 6.49. The molecule has 1 aromatic carbocycles. The number of aliphatic hydroxyl groups is 1. The highest BCUT2D eigenvalue weighted by atomic mass is 16.6. The van der Waals surface area contributed by atoms with Gasteiger partial charge >= 0.3 is 11.9 Å². The van der Waals surface area contributed by atoms with Gasteiger partial charge in [-0.15, -0.1) is 0 Å². The summed E-state index contributed by atoms with van der Waals surface area (Å²) in [5.74, 6) is -0.542. The number of hydrogen-bond acceptors (Lipinski definition) is 9. The second-order valence-corrected chi connectivity index (χ2v) is 8.15. The number of phenols is 1. The van der Waals surface area contributed by atoms with E-state index in [2.05, 4.69) is 5.32 Å². The molecule has 4 rings (SSSR count). The number of benzene rings is 1. The van der Waals surface area contributed by atoms with Gasteiger partial charge in [-0.05, 0) is 24.6 Å². The number of fused-ring (bicyclic) bond motifs is 1. The van der Waals surface area contributed by atoms with E-state index < -0.39 is 41.7 Å². The number of methoxy groups -OCH3 is 2. The molecule has 2 bridgehead atoms. The molecule has 5 atom stereocenters. The maximum absolute atomic E-state index is 11.9. The zero-order valence-corrected chi connectivity index (χ0v) is 17.9. The van der Waals surface area contributed by atoms with E-state index in [0.717, 1.165) is 0 Å². The molecule has 0 spiro atoms. The summed E-state index contributed by atoms with van der Waals surface area (Å²) in [6, 6.07) is 2.84. The molecule has 0 aromatic heterocycles. The van der Waals surface area contributed by atoms with Crippen molar-refractivity contribution in [3.05, 3.63) is 34.6 Å². The lowest BCUT2D eigenvalue weighted by atomic mass is 9.55. The molecule has 1 aliphatic heterocycles. The third kappa shape index (κ3) is 3.14. The molecule has 9 nitrogen and oxygen atoms in total. The van der Waals surface area contributed by atoms with Gasteiger partial charge in [0, 0.05) is 36.8 Å². The number of phenolic OH excluding ortho intramolecular Hbond substituents is 1. The summed E-state index contributed by atoms with van der Waals surface area (Å²) in [4.78, 5) is 23.7. The highest BCUT2D eigenvalue weighted by Gasteiger charge is 2.60. The summed E-state index contributed by atoms with van der Waals surface area (Å²) in [5, 5.41) is 25.6. The SMILES string of the molecule is COC1=C2C3NCCC2(CC(OC(C)=O)C1OC(C)=O)c1c(ccc(OC)c1O)C3O. The van der Waals surface area contributed by atoms with Crippen LogP contribution in [0.1, 0.15) is 43.9 Å². The minimum atomic E-state index is -0.969. The van der Waals surface area contributed by atoms with Crippen molar-refractivity contribution >= 4 is 11.9 Å². The summed E-state index contributed by atoms with van der Waals surface area (Å²) in [6.45, 7) is 3.12. The van der Waals surface area contributed by atoms with Gasteiger partial charge in [-0.3, -0.25) is 9.59 Å². The zero-order valence-electron chi connectivity index (χ0n) is 17.9. The minimum Gasteiger partial charge on any atom is -0.504 e. The van der Waals surface area contributed by atoms with Gasteiger partial charge in [0.05, 0.1) is 26.4 Å². The largest absolute Gasteiger partial charge is 0.504 e. The normalized spacial score (nSPS) is 31.3. The van der Waals surface area contributed by atoms with E-state index in [1.807, 2.05) is 0 Å². The molecule has 9 heteroatoms. The predicted molar refractivity (Wildman–Crippen MR) is 107 cm³/mol. The first-order valence-electron chi connectivity index (χ1n) is 10.2. The molecular weight excluding hydrogens is 406 g/mol. The van der Waals surface area contributed by atoms with Gasteiger partial charge in [-0.25, -0.2) is 0 Å². The quantitative estimate of drug-likeness (QED) is 0.601. The van der Waals surface area contributed by atoms with Crippen molar-refractivity contribution in [2.45, 2.75) is 56.5 Å². The molecule has 0 saturated carbocycles. The van der Waals surface area contributed by atoms with Crippen LogP contribution in [0.2, 0.25) is 0 Å². The Morgan fingerprint density at radius 3 is 2.45 bits per heavy atom. The van der Waals surface area contributed by atoms with Crippen LogP contribution in [0.3, 0.4) is 0 Å². The Hall–Kier alpha value is -2.78. The van der Waals surface area contributed by atoms with Crippen LogP contribution in [-0.2, 0) is 29.2 Å². The predicted octanol–water partition coefficient (Wildman–Crippen LogP) is 1.22. The summed E-state index contributed by atoms with van der Waals surface area (Å²) >= 11 is 0. The van der Waals surface area contributed by atoms with Gasteiger partial charge in [0.1, 0.15) is 11.9 Å². The number of carbonyl (C=O) groups excluding carboxylic acids is 2. The zero-order chi connectivity index (χ0) is 22.5. The van der Waals surface area contributed by atoms with E-state index in [0.29, 0.717) is 35.4 Å². The molecule has 3 aliphatic rings. The van der Waals surface area contributed by atoms with Crippen molar-refractivity contribution in [2.75, 3.05) is 20.8 Å². The molecule has 0 amide bonds. The second kappa shape index (κ2) is 7.72. The number of hydrogen-bond donors (Lipinski definition) is 3. The van der Waals surface area contributed by atoms with Crippen LogP contribution in [0.5, 0.6) is 11.5 Å². The topological polar surface area (TPSA) is 124 Å². The monoisotopic (exact) mass is 433 g/mol. The molecule has 168 valence electrons. The number of aliphatic hydroxyl groups excluding tert-OH is 1. The fraction of sp³-hybridized carbons (Fsp3) is 0.545. The minimum absolute atomic E-state index is 0.0696. The molecule has 1 heterocycles. The smallest absolute Gasteiger partial charge is 0.303 e. The summed E-state index contributed by atoms with van der Waals surface area (Å²) in [5.41, 5.74) is 0.993. The number of ether oxygens (including phenoxy) is 4. The van der Waals surface area contributed by atoms with Crippen molar-refractivity contribution in [1.29, 1.82) is 0 Å². The number of carbonyl (C=O) groups is 2. The van der Waals surface area contributed by atoms with Gasteiger partial charge in [-0.1, -0.05) is 6.07 Å². The second-order valence-electron chi connectivity index (χ2n) is 8.15. The van der Waals surface area contributed by atoms with E-state index in [4.69, 9.17) is 18.9 Å². The average Bonchev–Trinajstić information content (AvgIpc) is 2.71. The molecule has 1 aromatic rings. The highest BCUT2D eigenvalue weighted by Crippen LogP contribution is 2.60. The van der Waals surface area contributed by atoms with E-state index >= 15 is 0 Å². The van der Waals surface area contributed by atoms with Crippen LogP contribution in [0, 0.1) is 0 Å². The maximum Gasteiger partial charge on any atom is 0.303 e. The van der Waals surface area contributed by atoms with Crippen molar-refractivity contribution in [1.82, 2.24) is 5.32 Å². The van der Waals surface area contributed by atoms with Crippen LogP contribution in [0.4, 0.5) is 0 Å². The lowest BCUT2D eigenvalue weighted by Crippen LogP contribution is -2.61. The van der Waals surface area contributed by atoms with E-state index in [9.17, 15) is 19.8 Å². The lowest BCUT2D eigenvalue weighted by Gasteiger charge is -2.55. The first-order valence-corrected chi connectivity index (χ1v) is 10.2. The fourth-order valence-corrected chi connectivity index (χ4v) is 5.51. The van der Waals surface area contributed by atoms with Crippen LogP contribution in [-0.4, -0.2) is 61.2 Å². The molecule has 1 fully saturated rings. The van der Waals surface area contributed by atoms with Crippen molar-refractivity contribution in [3.8, 4) is 11.5 Å². The number of rotatable bonds is 4. The van der Waals surface area contributed by atoms with Crippen LogP contribution in [0.15, 0.2) is 23.5 Å². The van der Waals surface area contributed by atoms with Crippen molar-refractivity contribution in [3.63, 3.8) is 0 Å². The van der Waals surface area contributed by atoms with Crippen LogP contribution >= 0.6 is 0 Å². The van der Waals surface area contributed by atoms with E-state index in [1.165, 1.54) is 28.1 Å². The Balaban J connectivity index is 2.02. The Labute approximate surface area is 179 Å². The molecule has 1 saturated heterocycles. The summed E-state index contributed by atoms with van der Waals surface area (Å²) in [7, 11) is 2.91. The molecular formula is C22H27NO8. The average molecular weight is 433 g/mol. The first kappa shape index (κ1) is 21.5. The molecule has 0 radical (unpaired) electrons. The highest BCUT2D eigenvalue weighted by molar-refractivity contribution is 5.69. The van der Waals surface area contributed by atoms with Crippen LogP contribution < -0.4 is 10.1 Å². The van der Waals surface area contributed by atoms with E-state index in [1.54, 1.807) is 12.1 Å². The standard InChI is InChI=1S/C22H27NO8/c1-10(24)30-14-9-22-7-8-23-17(16(22)21(29-4)20(14)31-11(2)25)18(26)12-5-6-13(28-3)19(27)15(12)22/h5-6,14,17-18,20,23,26-27H,7-9H2,1-4H3. The van der Waals surface area contributed by atoms with Crippen molar-refractivity contribution < 1.29 is 38.7 Å². The van der Waals surface area contributed by atoms with Crippen LogP contribution in [0.25, 0.3) is 0 Å². The van der Waals surface area contributed by atoms with Gasteiger partial charge < -0.3 is 34.5 Å². The summed E-state index contributed by atoms with van der Waals surface area (Å²) in [6.07, 6.45) is -1.95. The van der Waals surface area contributed by atoms with Gasteiger partial charge in [0.2, 0.25) is 0 Å². The maximum atomic E-state index is 11.9. The number of aromatic hydroxyl groups is 1. The molecule has 31 heavy (non-hydrogen) atoms. The van der Waals surface area contributed by atoms with Crippen molar-refractivity contribution in [2.24, 2.45) is 0 Å². The fourth-order valence-electron chi connectivity index (χ4n) is 5.51. The Bertz CT molecular complexity index is 957.